The highest BCUT2D eigenvalue weighted by Gasteiger charge is 2.44. The average Bonchev–Trinajstić information content (AvgIpc) is 2.76. The minimum absolute atomic E-state index is 0.579. The number of para-hydroxylation sites is 1. The Morgan fingerprint density at radius 2 is 1.85 bits per heavy atom. The zero-order chi connectivity index (χ0) is 13.5. The molecule has 3 aliphatic rings. The normalized spacial score (nSPS) is 36.5. The molecule has 0 aromatic heterocycles. The Morgan fingerprint density at radius 1 is 1.10 bits per heavy atom. The van der Waals surface area contributed by atoms with E-state index in [9.17, 15) is 0 Å². The number of nitrogens with zero attached hydrogens (tertiary/aromatic N) is 1. The van der Waals surface area contributed by atoms with E-state index in [-0.39, 0.29) is 0 Å². The third-order valence-corrected chi connectivity index (χ3v) is 5.48. The van der Waals surface area contributed by atoms with Crippen LogP contribution in [0.1, 0.15) is 43.7 Å². The lowest BCUT2D eigenvalue weighted by Crippen LogP contribution is -2.50. The first-order valence-electron chi connectivity index (χ1n) is 8.03. The molecule has 2 saturated heterocycles. The Labute approximate surface area is 121 Å². The second-order valence-corrected chi connectivity index (χ2v) is 6.48. The van der Waals surface area contributed by atoms with Gasteiger partial charge in [-0.2, -0.15) is 0 Å². The van der Waals surface area contributed by atoms with Crippen LogP contribution < -0.4 is 10.1 Å². The summed E-state index contributed by atoms with van der Waals surface area (Å²) in [5, 5.41) is 3.50. The van der Waals surface area contributed by atoms with Gasteiger partial charge in [-0.05, 0) is 38.8 Å². The van der Waals surface area contributed by atoms with E-state index in [1.165, 1.54) is 31.2 Å². The number of ether oxygens (including phenoxy) is 1. The summed E-state index contributed by atoms with van der Waals surface area (Å²) in [6.45, 7) is 0.868. The third-order valence-electron chi connectivity index (χ3n) is 5.48. The van der Waals surface area contributed by atoms with Crippen LogP contribution in [0.4, 0.5) is 0 Å². The first-order valence-corrected chi connectivity index (χ1v) is 8.03. The Hall–Kier alpha value is -1.06. The highest BCUT2D eigenvalue weighted by Crippen LogP contribution is 2.45. The van der Waals surface area contributed by atoms with Gasteiger partial charge in [0, 0.05) is 36.2 Å². The maximum Gasteiger partial charge on any atom is 0.124 e. The van der Waals surface area contributed by atoms with Crippen LogP contribution in [0.5, 0.6) is 5.75 Å². The minimum atomic E-state index is 0.579. The van der Waals surface area contributed by atoms with Gasteiger partial charge in [-0.15, -0.1) is 0 Å². The molecule has 3 heteroatoms. The van der Waals surface area contributed by atoms with Crippen molar-refractivity contribution >= 4 is 0 Å². The zero-order valence-electron chi connectivity index (χ0n) is 12.2. The van der Waals surface area contributed by atoms with Gasteiger partial charge in [0.2, 0.25) is 0 Å². The van der Waals surface area contributed by atoms with Gasteiger partial charge in [-0.3, -0.25) is 4.90 Å². The Bertz CT molecular complexity index is 476. The van der Waals surface area contributed by atoms with Crippen LogP contribution >= 0.6 is 0 Å². The average molecular weight is 272 g/mol. The maximum absolute atomic E-state index is 5.84. The first-order chi connectivity index (χ1) is 9.86. The predicted octanol–water partition coefficient (Wildman–Crippen LogP) is 2.73. The topological polar surface area (TPSA) is 24.5 Å². The quantitative estimate of drug-likeness (QED) is 0.896. The summed E-state index contributed by atoms with van der Waals surface area (Å²) in [6, 6.07) is 11.5. The third kappa shape index (κ3) is 1.95. The van der Waals surface area contributed by atoms with Crippen LogP contribution in [0.2, 0.25) is 0 Å². The lowest BCUT2D eigenvalue weighted by molar-refractivity contribution is 0.0489. The summed E-state index contributed by atoms with van der Waals surface area (Å²) in [7, 11) is 2.11. The van der Waals surface area contributed by atoms with E-state index in [1.807, 2.05) is 0 Å². The Morgan fingerprint density at radius 3 is 2.60 bits per heavy atom. The number of benzene rings is 1. The molecule has 3 atom stereocenters. The molecule has 0 radical (unpaired) electrons. The van der Waals surface area contributed by atoms with Crippen LogP contribution in [-0.4, -0.2) is 36.7 Å². The zero-order valence-corrected chi connectivity index (χ0v) is 12.2. The van der Waals surface area contributed by atoms with Crippen LogP contribution in [0.25, 0.3) is 0 Å². The molecule has 0 spiro atoms. The lowest BCUT2D eigenvalue weighted by atomic mass is 9.91. The van der Waals surface area contributed by atoms with Crippen LogP contribution in [0.3, 0.4) is 0 Å². The van der Waals surface area contributed by atoms with E-state index in [0.717, 1.165) is 36.9 Å². The fourth-order valence-corrected chi connectivity index (χ4v) is 4.59. The van der Waals surface area contributed by atoms with Gasteiger partial charge in [-0.25, -0.2) is 0 Å². The van der Waals surface area contributed by atoms with Crippen molar-refractivity contribution in [2.75, 3.05) is 13.7 Å². The molecule has 3 nitrogen and oxygen atoms in total. The lowest BCUT2D eigenvalue weighted by Gasteiger charge is -2.45. The van der Waals surface area contributed by atoms with E-state index in [1.54, 1.807) is 0 Å². The van der Waals surface area contributed by atoms with Crippen LogP contribution in [0.15, 0.2) is 24.3 Å². The maximum atomic E-state index is 5.84. The standard InChI is InChI=1S/C17H24N2O/c1-18-12-10-13-6-7-14(11-12)19(13)16-8-9-20-17-5-3-2-4-15(16)17/h2-5,12-14,16,18H,6-11H2,1H3. The van der Waals surface area contributed by atoms with E-state index < -0.39 is 0 Å². The monoisotopic (exact) mass is 272 g/mol. The molecule has 3 unspecified atom stereocenters. The molecule has 0 amide bonds. The van der Waals surface area contributed by atoms with E-state index in [2.05, 4.69) is 41.5 Å². The largest absolute Gasteiger partial charge is 0.493 e. The van der Waals surface area contributed by atoms with Gasteiger partial charge >= 0.3 is 0 Å². The van der Waals surface area contributed by atoms with Gasteiger partial charge in [0.05, 0.1) is 6.61 Å². The highest BCUT2D eigenvalue weighted by molar-refractivity contribution is 5.38. The van der Waals surface area contributed by atoms with Crippen molar-refractivity contribution in [3.63, 3.8) is 0 Å². The second-order valence-electron chi connectivity index (χ2n) is 6.48. The van der Waals surface area contributed by atoms with Crippen LogP contribution in [0, 0.1) is 0 Å². The van der Waals surface area contributed by atoms with Crippen LogP contribution in [-0.2, 0) is 0 Å². The molecule has 1 N–H and O–H groups in total. The molecule has 4 rings (SSSR count). The van der Waals surface area contributed by atoms with Gasteiger partial charge in [-0.1, -0.05) is 18.2 Å². The minimum Gasteiger partial charge on any atom is -0.493 e. The summed E-state index contributed by atoms with van der Waals surface area (Å²) >= 11 is 0. The number of hydrogen-bond donors (Lipinski definition) is 1. The molecule has 3 heterocycles. The molecular weight excluding hydrogens is 248 g/mol. The summed E-state index contributed by atoms with van der Waals surface area (Å²) < 4.78 is 5.84. The molecule has 108 valence electrons. The van der Waals surface area contributed by atoms with E-state index in [4.69, 9.17) is 4.74 Å². The number of hydrogen-bond acceptors (Lipinski definition) is 3. The second kappa shape index (κ2) is 5.05. The van der Waals surface area contributed by atoms with Crippen molar-refractivity contribution in [2.45, 2.75) is 56.3 Å². The molecule has 1 aromatic carbocycles. The smallest absolute Gasteiger partial charge is 0.124 e. The summed E-state index contributed by atoms with van der Waals surface area (Å²) in [4.78, 5) is 2.83. The number of rotatable bonds is 2. The van der Waals surface area contributed by atoms with Crippen molar-refractivity contribution in [3.8, 4) is 5.75 Å². The van der Waals surface area contributed by atoms with Crippen molar-refractivity contribution in [1.29, 1.82) is 0 Å². The molecule has 20 heavy (non-hydrogen) atoms. The van der Waals surface area contributed by atoms with Crippen molar-refractivity contribution in [3.05, 3.63) is 29.8 Å². The van der Waals surface area contributed by atoms with Crippen molar-refractivity contribution in [2.24, 2.45) is 0 Å². The molecular formula is C17H24N2O. The molecule has 0 saturated carbocycles. The molecule has 0 aliphatic carbocycles. The van der Waals surface area contributed by atoms with E-state index >= 15 is 0 Å². The van der Waals surface area contributed by atoms with Gasteiger partial charge in [0.25, 0.3) is 0 Å². The first kappa shape index (κ1) is 12.7. The summed E-state index contributed by atoms with van der Waals surface area (Å²) in [6.07, 6.45) is 6.53. The van der Waals surface area contributed by atoms with Gasteiger partial charge in [0.15, 0.2) is 0 Å². The highest BCUT2D eigenvalue weighted by atomic mass is 16.5. The molecule has 3 aliphatic heterocycles. The SMILES string of the molecule is CNC1CC2CCC(C1)N2C1CCOc2ccccc21. The number of fused-ring (bicyclic) bond motifs is 3. The number of nitrogens with one attached hydrogen (secondary N) is 1. The number of piperidine rings is 1. The van der Waals surface area contributed by atoms with Gasteiger partial charge < -0.3 is 10.1 Å². The predicted molar refractivity (Wildman–Crippen MR) is 80.0 cm³/mol. The fourth-order valence-electron chi connectivity index (χ4n) is 4.59. The summed E-state index contributed by atoms with van der Waals surface area (Å²) in [5.41, 5.74) is 1.42. The fraction of sp³-hybridized carbons (Fsp3) is 0.647. The molecule has 2 bridgehead atoms. The molecule has 2 fully saturated rings. The van der Waals surface area contributed by atoms with Gasteiger partial charge in [0.1, 0.15) is 5.75 Å². The Balaban J connectivity index is 1.63. The Kier molecular flexibility index (Phi) is 3.20. The van der Waals surface area contributed by atoms with Crippen molar-refractivity contribution in [1.82, 2.24) is 10.2 Å². The molecule has 1 aromatic rings. The summed E-state index contributed by atoms with van der Waals surface area (Å²) in [5.74, 6) is 1.11. The van der Waals surface area contributed by atoms with E-state index in [0.29, 0.717) is 6.04 Å². The van der Waals surface area contributed by atoms with Crippen molar-refractivity contribution < 1.29 is 4.74 Å².